The van der Waals surface area contributed by atoms with Crippen LogP contribution < -0.4 is 0 Å². The van der Waals surface area contributed by atoms with Gasteiger partial charge >= 0.3 is 0 Å². The lowest BCUT2D eigenvalue weighted by atomic mass is 9.82. The first kappa shape index (κ1) is 22.8. The van der Waals surface area contributed by atoms with E-state index in [2.05, 4.69) is 114 Å². The highest BCUT2D eigenvalue weighted by Crippen LogP contribution is 2.42. The largest absolute Gasteiger partial charge is 0.455 e. The van der Waals surface area contributed by atoms with Crippen LogP contribution in [0, 0.1) is 12.8 Å². The molecule has 36 heavy (non-hydrogen) atoms. The van der Waals surface area contributed by atoms with Crippen molar-refractivity contribution in [2.45, 2.75) is 53.4 Å². The molecule has 4 aromatic carbocycles. The van der Waals surface area contributed by atoms with E-state index in [1.807, 2.05) is 0 Å². The van der Waals surface area contributed by atoms with Crippen LogP contribution in [0.3, 0.4) is 0 Å². The van der Waals surface area contributed by atoms with Gasteiger partial charge in [0.1, 0.15) is 11.2 Å². The summed E-state index contributed by atoms with van der Waals surface area (Å²) in [5.74, 6) is 0.594. The highest BCUT2D eigenvalue weighted by molar-refractivity contribution is 6.19. The van der Waals surface area contributed by atoms with Crippen LogP contribution in [-0.2, 0) is 11.8 Å². The van der Waals surface area contributed by atoms with Gasteiger partial charge in [0.15, 0.2) is 0 Å². The van der Waals surface area contributed by atoms with Gasteiger partial charge in [0.05, 0.1) is 16.6 Å². The predicted molar refractivity (Wildman–Crippen MR) is 154 cm³/mol. The molecule has 0 fully saturated rings. The molecule has 0 saturated carbocycles. The number of benzene rings is 4. The summed E-state index contributed by atoms with van der Waals surface area (Å²) >= 11 is 0. The van der Waals surface area contributed by atoms with E-state index in [9.17, 15) is 0 Å². The normalized spacial score (nSPS) is 12.5. The Balaban J connectivity index is 1.76. The average Bonchev–Trinajstić information content (AvgIpc) is 3.20. The molecule has 0 N–H and O–H groups in total. The minimum atomic E-state index is 0.00502. The average molecular weight is 472 g/mol. The summed E-state index contributed by atoms with van der Waals surface area (Å²) in [5.41, 5.74) is 8.85. The molecule has 2 heteroatoms. The van der Waals surface area contributed by atoms with Gasteiger partial charge < -0.3 is 4.42 Å². The van der Waals surface area contributed by atoms with Crippen molar-refractivity contribution in [3.63, 3.8) is 0 Å². The molecule has 0 aliphatic heterocycles. The molecule has 0 amide bonds. The predicted octanol–water partition coefficient (Wildman–Crippen LogP) is 9.76. The number of nitrogens with zero attached hydrogens (tertiary/aromatic N) is 1. The zero-order chi connectivity index (χ0) is 25.2. The summed E-state index contributed by atoms with van der Waals surface area (Å²) in [6, 6.07) is 26.5. The van der Waals surface area contributed by atoms with Gasteiger partial charge in [0, 0.05) is 16.3 Å². The molecule has 0 aliphatic carbocycles. The third-order valence-electron chi connectivity index (χ3n) is 7.21. The monoisotopic (exact) mass is 471 g/mol. The molecule has 180 valence electrons. The summed E-state index contributed by atoms with van der Waals surface area (Å²) in [4.78, 5) is 5.32. The Kier molecular flexibility index (Phi) is 5.19. The van der Waals surface area contributed by atoms with Crippen molar-refractivity contribution in [2.24, 2.45) is 5.92 Å². The molecule has 0 unspecified atom stereocenters. The zero-order valence-electron chi connectivity index (χ0n) is 22.1. The van der Waals surface area contributed by atoms with Crippen molar-refractivity contribution in [1.29, 1.82) is 0 Å². The zero-order valence-corrected chi connectivity index (χ0v) is 22.1. The van der Waals surface area contributed by atoms with Crippen LogP contribution in [0.4, 0.5) is 0 Å². The van der Waals surface area contributed by atoms with Crippen molar-refractivity contribution >= 4 is 43.6 Å². The number of hydrogen-bond acceptors (Lipinski definition) is 2. The number of fused-ring (bicyclic) bond motifs is 6. The van der Waals surface area contributed by atoms with E-state index in [0.717, 1.165) is 50.5 Å². The van der Waals surface area contributed by atoms with Gasteiger partial charge in [-0.1, -0.05) is 71.0 Å². The number of furan rings is 1. The van der Waals surface area contributed by atoms with Crippen molar-refractivity contribution < 1.29 is 4.42 Å². The lowest BCUT2D eigenvalue weighted by Crippen LogP contribution is -2.12. The summed E-state index contributed by atoms with van der Waals surface area (Å²) in [6.07, 6.45) is 1.04. The molecule has 6 rings (SSSR count). The van der Waals surface area contributed by atoms with E-state index in [-0.39, 0.29) is 5.41 Å². The Labute approximate surface area is 213 Å². The first-order valence-corrected chi connectivity index (χ1v) is 13.0. The third kappa shape index (κ3) is 3.76. The van der Waals surface area contributed by atoms with E-state index in [4.69, 9.17) is 9.40 Å². The van der Waals surface area contributed by atoms with Crippen molar-refractivity contribution in [1.82, 2.24) is 4.98 Å². The first-order chi connectivity index (χ1) is 17.2. The Morgan fingerprint density at radius 2 is 1.64 bits per heavy atom. The smallest absolute Gasteiger partial charge is 0.147 e. The Bertz CT molecular complexity index is 1780. The molecule has 2 nitrogen and oxygen atoms in total. The topological polar surface area (TPSA) is 26.0 Å². The summed E-state index contributed by atoms with van der Waals surface area (Å²) < 4.78 is 6.57. The fourth-order valence-corrected chi connectivity index (χ4v) is 5.55. The second-order valence-corrected chi connectivity index (χ2v) is 11.7. The number of hydrogen-bond donors (Lipinski definition) is 0. The fraction of sp³-hybridized carbons (Fsp3) is 0.265. The van der Waals surface area contributed by atoms with Crippen LogP contribution in [0.1, 0.15) is 51.3 Å². The van der Waals surface area contributed by atoms with Crippen molar-refractivity contribution in [3.8, 4) is 11.3 Å². The summed E-state index contributed by atoms with van der Waals surface area (Å²) in [7, 11) is 0. The third-order valence-corrected chi connectivity index (χ3v) is 7.21. The Morgan fingerprint density at radius 1 is 0.833 bits per heavy atom. The van der Waals surface area contributed by atoms with Crippen LogP contribution in [0.2, 0.25) is 0 Å². The molecule has 0 bridgehead atoms. The van der Waals surface area contributed by atoms with Gasteiger partial charge in [0.25, 0.3) is 0 Å². The molecule has 0 spiro atoms. The second-order valence-electron chi connectivity index (χ2n) is 11.7. The van der Waals surface area contributed by atoms with Gasteiger partial charge in [-0.25, -0.2) is 4.98 Å². The SMILES string of the molecule is Cc1ccc2c(c1)nc(-c1cc(C(C)(C)C)c3ccccc3c1)c1c3cc(CC(C)C)ccc3oc21. The number of aryl methyl sites for hydroxylation is 1. The molecular formula is C34H33NO. The molecule has 0 atom stereocenters. The maximum absolute atomic E-state index is 6.57. The van der Waals surface area contributed by atoms with Crippen LogP contribution >= 0.6 is 0 Å². The van der Waals surface area contributed by atoms with Crippen LogP contribution in [0.15, 0.2) is 77.2 Å². The van der Waals surface area contributed by atoms with Crippen LogP contribution in [-0.4, -0.2) is 4.98 Å². The van der Waals surface area contributed by atoms with Gasteiger partial charge in [-0.15, -0.1) is 0 Å². The van der Waals surface area contributed by atoms with E-state index in [0.29, 0.717) is 5.92 Å². The minimum Gasteiger partial charge on any atom is -0.455 e. The minimum absolute atomic E-state index is 0.00502. The molecule has 0 saturated heterocycles. The van der Waals surface area contributed by atoms with Gasteiger partial charge in [-0.3, -0.25) is 0 Å². The van der Waals surface area contributed by atoms with E-state index < -0.39 is 0 Å². The molecule has 2 heterocycles. The number of aromatic nitrogens is 1. The highest BCUT2D eigenvalue weighted by atomic mass is 16.3. The summed E-state index contributed by atoms with van der Waals surface area (Å²) in [6.45, 7) is 13.5. The Morgan fingerprint density at radius 3 is 2.42 bits per heavy atom. The molecular weight excluding hydrogens is 438 g/mol. The Hall–Kier alpha value is -3.65. The molecule has 0 radical (unpaired) electrons. The van der Waals surface area contributed by atoms with E-state index in [1.54, 1.807) is 0 Å². The molecule has 2 aromatic heterocycles. The summed E-state index contributed by atoms with van der Waals surface area (Å²) in [5, 5.41) is 5.88. The lowest BCUT2D eigenvalue weighted by Gasteiger charge is -2.23. The fourth-order valence-electron chi connectivity index (χ4n) is 5.55. The number of rotatable bonds is 3. The first-order valence-electron chi connectivity index (χ1n) is 13.0. The van der Waals surface area contributed by atoms with Gasteiger partial charge in [-0.2, -0.15) is 0 Å². The molecule has 6 aromatic rings. The van der Waals surface area contributed by atoms with E-state index >= 15 is 0 Å². The standard InChI is InChI=1S/C34H33NO/c1-20(2)15-22-12-14-30-27(17-22)31-32(35-29-16-21(3)11-13-26(29)33(31)36-30)24-18-23-9-7-8-10-25(23)28(19-24)34(4,5)6/h7-14,16-20H,15H2,1-6H3. The maximum Gasteiger partial charge on any atom is 0.147 e. The van der Waals surface area contributed by atoms with Gasteiger partial charge in [-0.05, 0) is 88.5 Å². The maximum atomic E-state index is 6.57. The van der Waals surface area contributed by atoms with Crippen molar-refractivity contribution in [2.75, 3.05) is 0 Å². The highest BCUT2D eigenvalue weighted by Gasteiger charge is 2.22. The van der Waals surface area contributed by atoms with Crippen molar-refractivity contribution in [3.05, 3.63) is 89.5 Å². The van der Waals surface area contributed by atoms with Gasteiger partial charge in [0.2, 0.25) is 0 Å². The molecule has 0 aliphatic rings. The second kappa shape index (κ2) is 8.20. The quantitative estimate of drug-likeness (QED) is 0.257. The lowest BCUT2D eigenvalue weighted by molar-refractivity contribution is 0.596. The number of pyridine rings is 1. The van der Waals surface area contributed by atoms with E-state index in [1.165, 1.54) is 27.5 Å². The van der Waals surface area contributed by atoms with Crippen LogP contribution in [0.25, 0.3) is 54.9 Å². The van der Waals surface area contributed by atoms with Crippen LogP contribution in [0.5, 0.6) is 0 Å².